The van der Waals surface area contributed by atoms with Gasteiger partial charge in [-0.2, -0.15) is 4.58 Å². The Labute approximate surface area is 212 Å². The van der Waals surface area contributed by atoms with Crippen LogP contribution >= 0.6 is 0 Å². The van der Waals surface area contributed by atoms with E-state index in [1.807, 2.05) is 0 Å². The second-order valence-electron chi connectivity index (χ2n) is 9.67. The predicted octanol–water partition coefficient (Wildman–Crippen LogP) is 8.27. The molecule has 0 amide bonds. The average Bonchev–Trinajstić information content (AvgIpc) is 3.28. The first-order valence-electron chi connectivity index (χ1n) is 13.0. The van der Waals surface area contributed by atoms with Crippen molar-refractivity contribution in [2.75, 3.05) is 6.54 Å². The second-order valence-corrected chi connectivity index (χ2v) is 9.67. The SMILES string of the molecule is CC[N+]1=C(C2=C3OC(c4ccccc4)=CC(c4ccccc4)=C3CCC2)c2cccc3cccc1c23. The molecule has 174 valence electrons. The molecule has 0 aromatic heterocycles. The van der Waals surface area contributed by atoms with Gasteiger partial charge in [0.05, 0.1) is 16.5 Å². The molecule has 36 heavy (non-hydrogen) atoms. The molecule has 4 aromatic carbocycles. The van der Waals surface area contributed by atoms with E-state index in [9.17, 15) is 0 Å². The van der Waals surface area contributed by atoms with E-state index in [0.29, 0.717) is 0 Å². The normalized spacial score (nSPS) is 16.9. The lowest BCUT2D eigenvalue weighted by Crippen LogP contribution is -2.22. The third-order valence-corrected chi connectivity index (χ3v) is 7.66. The van der Waals surface area contributed by atoms with Crippen molar-refractivity contribution in [2.45, 2.75) is 26.2 Å². The largest absolute Gasteiger partial charge is 0.456 e. The van der Waals surface area contributed by atoms with Crippen molar-refractivity contribution >= 4 is 33.5 Å². The average molecular weight is 467 g/mol. The Bertz CT molecular complexity index is 1630. The summed E-state index contributed by atoms with van der Waals surface area (Å²) in [5.41, 5.74) is 10.2. The fourth-order valence-electron chi connectivity index (χ4n) is 6.10. The van der Waals surface area contributed by atoms with Crippen molar-refractivity contribution in [3.05, 3.63) is 137 Å². The summed E-state index contributed by atoms with van der Waals surface area (Å²) in [5.74, 6) is 1.98. The van der Waals surface area contributed by atoms with Gasteiger partial charge in [0.1, 0.15) is 18.1 Å². The molecule has 0 spiro atoms. The fraction of sp³-hybridized carbons (Fsp3) is 0.147. The molecule has 2 nitrogen and oxygen atoms in total. The highest BCUT2D eigenvalue weighted by Gasteiger charge is 2.38. The van der Waals surface area contributed by atoms with Crippen molar-refractivity contribution in [3.63, 3.8) is 0 Å². The molecule has 0 unspecified atom stereocenters. The molecule has 0 N–H and O–H groups in total. The van der Waals surface area contributed by atoms with E-state index in [-0.39, 0.29) is 0 Å². The lowest BCUT2D eigenvalue weighted by molar-refractivity contribution is -0.431. The van der Waals surface area contributed by atoms with Gasteiger partial charge in [0.25, 0.3) is 0 Å². The van der Waals surface area contributed by atoms with Gasteiger partial charge in [0.15, 0.2) is 0 Å². The Morgan fingerprint density at radius 2 is 1.42 bits per heavy atom. The number of benzene rings is 4. The molecule has 0 radical (unpaired) electrons. The lowest BCUT2D eigenvalue weighted by Gasteiger charge is -2.29. The first-order chi connectivity index (χ1) is 17.8. The van der Waals surface area contributed by atoms with E-state index in [4.69, 9.17) is 4.74 Å². The highest BCUT2D eigenvalue weighted by Crippen LogP contribution is 2.46. The van der Waals surface area contributed by atoms with E-state index in [1.54, 1.807) is 0 Å². The molecule has 7 rings (SSSR count). The summed E-state index contributed by atoms with van der Waals surface area (Å²) in [6.07, 6.45) is 5.41. The van der Waals surface area contributed by atoms with E-state index in [0.717, 1.165) is 42.9 Å². The summed E-state index contributed by atoms with van der Waals surface area (Å²) in [6.45, 7) is 3.17. The minimum absolute atomic E-state index is 0.921. The zero-order valence-corrected chi connectivity index (χ0v) is 20.5. The van der Waals surface area contributed by atoms with Gasteiger partial charge >= 0.3 is 0 Å². The Kier molecular flexibility index (Phi) is 4.99. The molecule has 0 bridgehead atoms. The van der Waals surface area contributed by atoms with Gasteiger partial charge in [-0.3, -0.25) is 0 Å². The fourth-order valence-corrected chi connectivity index (χ4v) is 6.10. The predicted molar refractivity (Wildman–Crippen MR) is 148 cm³/mol. The van der Waals surface area contributed by atoms with Crippen LogP contribution in [0.2, 0.25) is 0 Å². The van der Waals surface area contributed by atoms with Crippen LogP contribution in [0.3, 0.4) is 0 Å². The lowest BCUT2D eigenvalue weighted by atomic mass is 9.82. The zero-order valence-electron chi connectivity index (χ0n) is 20.5. The molecular weight excluding hydrogens is 438 g/mol. The Morgan fingerprint density at radius 3 is 2.17 bits per heavy atom. The number of nitrogens with zero attached hydrogens (tertiary/aromatic N) is 1. The summed E-state index contributed by atoms with van der Waals surface area (Å²) in [4.78, 5) is 0. The van der Waals surface area contributed by atoms with Crippen LogP contribution in [0.4, 0.5) is 5.69 Å². The monoisotopic (exact) mass is 466 g/mol. The number of fused-ring (bicyclic) bond motifs is 1. The van der Waals surface area contributed by atoms with Crippen LogP contribution in [0.15, 0.2) is 120 Å². The summed E-state index contributed by atoms with van der Waals surface area (Å²) >= 11 is 0. The van der Waals surface area contributed by atoms with Crippen molar-refractivity contribution in [1.82, 2.24) is 0 Å². The standard InChI is InChI=1S/C34H28NO/c1-2-35-30-21-10-17-25-16-9-19-27(32(25)30)33(35)28-20-11-18-26-29(23-12-5-3-6-13-23)22-31(36-34(26)28)24-14-7-4-8-15-24/h3-10,12-17,19,21-22H,2,11,18,20H2,1H3/q+1. The van der Waals surface area contributed by atoms with Crippen LogP contribution in [0.25, 0.3) is 22.1 Å². The second kappa shape index (κ2) is 8.49. The van der Waals surface area contributed by atoms with Gasteiger partial charge in [-0.25, -0.2) is 0 Å². The maximum absolute atomic E-state index is 6.88. The smallest absolute Gasteiger partial charge is 0.220 e. The Balaban J connectivity index is 1.50. The Morgan fingerprint density at radius 1 is 0.722 bits per heavy atom. The van der Waals surface area contributed by atoms with Gasteiger partial charge in [0.2, 0.25) is 11.4 Å². The summed E-state index contributed by atoms with van der Waals surface area (Å²) in [7, 11) is 0. The van der Waals surface area contributed by atoms with Crippen molar-refractivity contribution in [1.29, 1.82) is 0 Å². The topological polar surface area (TPSA) is 12.2 Å². The van der Waals surface area contributed by atoms with Crippen molar-refractivity contribution < 1.29 is 9.31 Å². The van der Waals surface area contributed by atoms with Crippen LogP contribution in [0, 0.1) is 0 Å². The number of rotatable bonds is 4. The van der Waals surface area contributed by atoms with Gasteiger partial charge in [0, 0.05) is 17.2 Å². The van der Waals surface area contributed by atoms with Crippen LogP contribution in [-0.2, 0) is 4.74 Å². The third-order valence-electron chi connectivity index (χ3n) is 7.66. The van der Waals surface area contributed by atoms with E-state index in [1.165, 1.54) is 50.0 Å². The Hall–Kier alpha value is -4.17. The van der Waals surface area contributed by atoms with Crippen LogP contribution < -0.4 is 0 Å². The minimum Gasteiger partial charge on any atom is -0.456 e. The van der Waals surface area contributed by atoms with Crippen molar-refractivity contribution in [3.8, 4) is 0 Å². The number of allylic oxidation sites excluding steroid dienone is 4. The van der Waals surface area contributed by atoms with Gasteiger partial charge in [-0.15, -0.1) is 0 Å². The van der Waals surface area contributed by atoms with Gasteiger partial charge in [-0.1, -0.05) is 84.9 Å². The van der Waals surface area contributed by atoms with E-state index >= 15 is 0 Å². The minimum atomic E-state index is 0.921. The number of hydrogen-bond acceptors (Lipinski definition) is 1. The van der Waals surface area contributed by atoms with Crippen LogP contribution in [0.5, 0.6) is 0 Å². The molecule has 2 aliphatic heterocycles. The molecule has 4 aromatic rings. The molecule has 0 fully saturated rings. The van der Waals surface area contributed by atoms with Crippen molar-refractivity contribution in [2.24, 2.45) is 0 Å². The quantitative estimate of drug-likeness (QED) is 0.276. The maximum atomic E-state index is 6.88. The molecule has 0 saturated carbocycles. The van der Waals surface area contributed by atoms with Crippen LogP contribution in [0.1, 0.15) is 42.9 Å². The van der Waals surface area contributed by atoms with Gasteiger partial charge < -0.3 is 4.74 Å². The van der Waals surface area contributed by atoms with Crippen LogP contribution in [-0.4, -0.2) is 16.8 Å². The molecule has 0 atom stereocenters. The molecule has 3 aliphatic rings. The highest BCUT2D eigenvalue weighted by atomic mass is 16.5. The molecule has 1 aliphatic carbocycles. The molecule has 0 saturated heterocycles. The molecular formula is C34H28NO+. The number of ether oxygens (including phenoxy) is 1. The van der Waals surface area contributed by atoms with Gasteiger partial charge in [-0.05, 0) is 54.9 Å². The summed E-state index contributed by atoms with van der Waals surface area (Å²) in [5, 5.41) is 2.66. The zero-order chi connectivity index (χ0) is 24.1. The molecule has 2 heteroatoms. The summed E-state index contributed by atoms with van der Waals surface area (Å²) < 4.78 is 9.37. The maximum Gasteiger partial charge on any atom is 0.220 e. The number of hydrogen-bond donors (Lipinski definition) is 0. The first kappa shape index (κ1) is 21.1. The first-order valence-corrected chi connectivity index (χ1v) is 13.0. The highest BCUT2D eigenvalue weighted by molar-refractivity contribution is 6.22. The van der Waals surface area contributed by atoms with E-state index in [2.05, 4.69) is 115 Å². The van der Waals surface area contributed by atoms with E-state index < -0.39 is 0 Å². The summed E-state index contributed by atoms with van der Waals surface area (Å²) in [6, 6.07) is 34.7. The third kappa shape index (κ3) is 3.21. The molecule has 2 heterocycles.